The third kappa shape index (κ3) is 2.71. The molecule has 0 fully saturated rings. The lowest BCUT2D eigenvalue weighted by Crippen LogP contribution is -2.40. The molecule has 0 saturated heterocycles. The van der Waals surface area contributed by atoms with Gasteiger partial charge in [-0.25, -0.2) is 0 Å². The summed E-state index contributed by atoms with van der Waals surface area (Å²) in [6.07, 6.45) is 0.613. The molecule has 0 bridgehead atoms. The Morgan fingerprint density at radius 3 is 2.21 bits per heavy atom. The summed E-state index contributed by atoms with van der Waals surface area (Å²) < 4.78 is 5.44. The fourth-order valence-electron chi connectivity index (χ4n) is 1.59. The molecule has 0 aliphatic heterocycles. The van der Waals surface area contributed by atoms with E-state index >= 15 is 0 Å². The van der Waals surface area contributed by atoms with Crippen LogP contribution in [-0.2, 0) is 9.53 Å². The molecule has 0 aliphatic carbocycles. The number of rotatable bonds is 6. The molecule has 0 aliphatic rings. The van der Waals surface area contributed by atoms with Gasteiger partial charge in [0, 0.05) is 6.61 Å². The van der Waals surface area contributed by atoms with E-state index in [0.717, 1.165) is 0 Å². The van der Waals surface area contributed by atoms with Crippen molar-refractivity contribution >= 4 is 5.97 Å². The summed E-state index contributed by atoms with van der Waals surface area (Å²) in [6, 6.07) is 0. The third-order valence-electron chi connectivity index (χ3n) is 3.36. The summed E-state index contributed by atoms with van der Waals surface area (Å²) in [4.78, 5) is 11.1. The van der Waals surface area contributed by atoms with Crippen LogP contribution in [0.15, 0.2) is 0 Å². The highest BCUT2D eigenvalue weighted by Crippen LogP contribution is 2.34. The number of carboxylic acid groups (broad SMARTS) is 1. The summed E-state index contributed by atoms with van der Waals surface area (Å²) in [5, 5.41) is 9.16. The Morgan fingerprint density at radius 2 is 1.93 bits per heavy atom. The summed E-state index contributed by atoms with van der Waals surface area (Å²) in [6.45, 7) is 10.1. The van der Waals surface area contributed by atoms with Gasteiger partial charge in [0.05, 0.1) is 11.5 Å². The molecule has 0 rings (SSSR count). The zero-order valence-electron chi connectivity index (χ0n) is 9.83. The van der Waals surface area contributed by atoms with Gasteiger partial charge in [-0.05, 0) is 33.1 Å². The van der Waals surface area contributed by atoms with Gasteiger partial charge >= 0.3 is 5.97 Å². The number of carbonyl (C=O) groups is 1. The van der Waals surface area contributed by atoms with E-state index in [-0.39, 0.29) is 12.0 Å². The minimum absolute atomic E-state index is 0.0129. The topological polar surface area (TPSA) is 46.5 Å². The maximum atomic E-state index is 11.1. The van der Waals surface area contributed by atoms with Crippen molar-refractivity contribution in [3.05, 3.63) is 0 Å². The van der Waals surface area contributed by atoms with Crippen molar-refractivity contribution in [2.75, 3.05) is 6.61 Å². The van der Waals surface area contributed by atoms with Crippen molar-refractivity contribution in [1.29, 1.82) is 0 Å². The molecule has 3 atom stereocenters. The van der Waals surface area contributed by atoms with Crippen molar-refractivity contribution in [2.45, 2.75) is 47.1 Å². The van der Waals surface area contributed by atoms with Crippen molar-refractivity contribution in [2.24, 2.45) is 11.3 Å². The fraction of sp³-hybridized carbons (Fsp3) is 0.909. The van der Waals surface area contributed by atoms with Gasteiger partial charge in [-0.1, -0.05) is 13.8 Å². The third-order valence-corrected chi connectivity index (χ3v) is 3.36. The zero-order valence-corrected chi connectivity index (χ0v) is 9.83. The first kappa shape index (κ1) is 13.4. The van der Waals surface area contributed by atoms with Crippen LogP contribution in [0.1, 0.15) is 41.0 Å². The first-order chi connectivity index (χ1) is 6.40. The molecule has 14 heavy (non-hydrogen) atoms. The molecule has 3 unspecified atom stereocenters. The SMILES string of the molecule is CCOC(C)C(C)C(C)(CC)C(=O)O. The van der Waals surface area contributed by atoms with E-state index in [1.807, 2.05) is 27.7 Å². The molecule has 84 valence electrons. The molecule has 0 radical (unpaired) electrons. The Kier molecular flexibility index (Phi) is 5.13. The number of ether oxygens (including phenoxy) is 1. The van der Waals surface area contributed by atoms with Gasteiger partial charge in [-0.15, -0.1) is 0 Å². The van der Waals surface area contributed by atoms with Crippen LogP contribution in [0.25, 0.3) is 0 Å². The molecular formula is C11H22O3. The van der Waals surface area contributed by atoms with Crippen LogP contribution in [0.5, 0.6) is 0 Å². The monoisotopic (exact) mass is 202 g/mol. The van der Waals surface area contributed by atoms with E-state index in [9.17, 15) is 4.79 Å². The van der Waals surface area contributed by atoms with E-state index < -0.39 is 11.4 Å². The smallest absolute Gasteiger partial charge is 0.309 e. The van der Waals surface area contributed by atoms with Crippen molar-refractivity contribution in [1.82, 2.24) is 0 Å². The van der Waals surface area contributed by atoms with Crippen LogP contribution in [0.3, 0.4) is 0 Å². The quantitative estimate of drug-likeness (QED) is 0.720. The van der Waals surface area contributed by atoms with Crippen molar-refractivity contribution in [3.63, 3.8) is 0 Å². The summed E-state index contributed by atoms with van der Waals surface area (Å²) in [5.41, 5.74) is -0.686. The van der Waals surface area contributed by atoms with Crippen LogP contribution in [0, 0.1) is 11.3 Å². The highest BCUT2D eigenvalue weighted by Gasteiger charge is 2.40. The van der Waals surface area contributed by atoms with Crippen LogP contribution in [0.4, 0.5) is 0 Å². The van der Waals surface area contributed by atoms with Crippen LogP contribution in [-0.4, -0.2) is 23.8 Å². The summed E-state index contributed by atoms with van der Waals surface area (Å²) in [7, 11) is 0. The molecule has 3 nitrogen and oxygen atoms in total. The minimum Gasteiger partial charge on any atom is -0.481 e. The Morgan fingerprint density at radius 1 is 1.43 bits per heavy atom. The molecule has 0 amide bonds. The lowest BCUT2D eigenvalue weighted by molar-refractivity contribution is -0.155. The maximum Gasteiger partial charge on any atom is 0.309 e. The van der Waals surface area contributed by atoms with Gasteiger partial charge in [-0.3, -0.25) is 4.79 Å². The summed E-state index contributed by atoms with van der Waals surface area (Å²) in [5.74, 6) is -0.719. The van der Waals surface area contributed by atoms with E-state index in [2.05, 4.69) is 0 Å². The van der Waals surface area contributed by atoms with Crippen LogP contribution < -0.4 is 0 Å². The van der Waals surface area contributed by atoms with Crippen LogP contribution in [0.2, 0.25) is 0 Å². The number of hydrogen-bond donors (Lipinski definition) is 1. The molecule has 3 heteroatoms. The Hall–Kier alpha value is -0.570. The Balaban J connectivity index is 4.60. The average Bonchev–Trinajstić information content (AvgIpc) is 2.15. The predicted molar refractivity (Wildman–Crippen MR) is 56.3 cm³/mol. The van der Waals surface area contributed by atoms with E-state index in [1.54, 1.807) is 6.92 Å². The Bertz CT molecular complexity index is 191. The lowest BCUT2D eigenvalue weighted by atomic mass is 9.73. The second-order valence-electron chi connectivity index (χ2n) is 4.03. The molecule has 0 heterocycles. The molecular weight excluding hydrogens is 180 g/mol. The van der Waals surface area contributed by atoms with E-state index in [1.165, 1.54) is 0 Å². The number of hydrogen-bond acceptors (Lipinski definition) is 2. The van der Waals surface area contributed by atoms with E-state index in [4.69, 9.17) is 9.84 Å². The molecule has 0 spiro atoms. The van der Waals surface area contributed by atoms with Crippen molar-refractivity contribution < 1.29 is 14.6 Å². The molecule has 0 aromatic rings. The standard InChI is InChI=1S/C11H22O3/c1-6-11(5,10(12)13)8(3)9(4)14-7-2/h8-9H,6-7H2,1-5H3,(H,12,13). The molecule has 0 aromatic heterocycles. The first-order valence-electron chi connectivity index (χ1n) is 5.25. The summed E-state index contributed by atoms with van der Waals surface area (Å²) >= 11 is 0. The van der Waals surface area contributed by atoms with E-state index in [0.29, 0.717) is 13.0 Å². The normalized spacial score (nSPS) is 19.8. The average molecular weight is 202 g/mol. The second kappa shape index (κ2) is 5.35. The molecule has 1 N–H and O–H groups in total. The number of carboxylic acids is 1. The molecule has 0 aromatic carbocycles. The van der Waals surface area contributed by atoms with Gasteiger partial charge in [0.25, 0.3) is 0 Å². The fourth-order valence-corrected chi connectivity index (χ4v) is 1.59. The van der Waals surface area contributed by atoms with Gasteiger partial charge in [-0.2, -0.15) is 0 Å². The minimum atomic E-state index is -0.737. The molecule has 0 saturated carbocycles. The predicted octanol–water partition coefficient (Wildman–Crippen LogP) is 2.55. The highest BCUT2D eigenvalue weighted by molar-refractivity contribution is 5.74. The van der Waals surface area contributed by atoms with Gasteiger partial charge < -0.3 is 9.84 Å². The van der Waals surface area contributed by atoms with Crippen LogP contribution >= 0.6 is 0 Å². The van der Waals surface area contributed by atoms with Gasteiger partial charge in [0.15, 0.2) is 0 Å². The zero-order chi connectivity index (χ0) is 11.4. The van der Waals surface area contributed by atoms with Gasteiger partial charge in [0.2, 0.25) is 0 Å². The Labute approximate surface area is 86.5 Å². The maximum absolute atomic E-state index is 11.1. The van der Waals surface area contributed by atoms with Gasteiger partial charge in [0.1, 0.15) is 0 Å². The number of aliphatic carboxylic acids is 1. The van der Waals surface area contributed by atoms with Crippen molar-refractivity contribution in [3.8, 4) is 0 Å². The largest absolute Gasteiger partial charge is 0.481 e. The highest BCUT2D eigenvalue weighted by atomic mass is 16.5. The first-order valence-corrected chi connectivity index (χ1v) is 5.25. The lowest BCUT2D eigenvalue weighted by Gasteiger charge is -2.34. The second-order valence-corrected chi connectivity index (χ2v) is 4.03.